The summed E-state index contributed by atoms with van der Waals surface area (Å²) in [5, 5.41) is 8.28. The topological polar surface area (TPSA) is 29.9 Å². The van der Waals surface area contributed by atoms with E-state index < -0.39 is 0 Å². The van der Waals surface area contributed by atoms with Crippen molar-refractivity contribution in [3.63, 3.8) is 0 Å². The van der Waals surface area contributed by atoms with Gasteiger partial charge in [0.25, 0.3) is 0 Å². The number of rotatable bonds is 4. The first kappa shape index (κ1) is 13.9. The molecule has 0 bridgehead atoms. The van der Waals surface area contributed by atoms with Crippen LogP contribution in [0.4, 0.5) is 0 Å². The third-order valence-electron chi connectivity index (χ3n) is 3.91. The molecule has 102 valence electrons. The Kier molecular flexibility index (Phi) is 4.73. The van der Waals surface area contributed by atoms with Gasteiger partial charge in [0.15, 0.2) is 0 Å². The molecule has 0 aliphatic carbocycles. The van der Waals surface area contributed by atoms with Crippen LogP contribution in [0.25, 0.3) is 0 Å². The lowest BCUT2D eigenvalue weighted by molar-refractivity contribution is 0.420. The summed E-state index contributed by atoms with van der Waals surface area (Å²) in [6.45, 7) is 6.58. The summed E-state index contributed by atoms with van der Waals surface area (Å²) in [5.41, 5.74) is 3.91. The molecule has 1 fully saturated rings. The molecular formula is C14H25N3S. The molecule has 4 heteroatoms. The van der Waals surface area contributed by atoms with Crippen LogP contribution in [0, 0.1) is 13.8 Å². The molecule has 1 aliphatic rings. The van der Waals surface area contributed by atoms with Gasteiger partial charge in [0.05, 0.1) is 5.69 Å². The van der Waals surface area contributed by atoms with Gasteiger partial charge in [-0.3, -0.25) is 4.68 Å². The van der Waals surface area contributed by atoms with Crippen LogP contribution in [0.2, 0.25) is 0 Å². The van der Waals surface area contributed by atoms with Crippen LogP contribution in [0.3, 0.4) is 0 Å². The fraction of sp³-hybridized carbons (Fsp3) is 0.786. The number of hydrogen-bond acceptors (Lipinski definition) is 3. The summed E-state index contributed by atoms with van der Waals surface area (Å²) < 4.78 is 1.99. The normalized spacial score (nSPS) is 19.1. The number of hydrogen-bond donors (Lipinski definition) is 1. The van der Waals surface area contributed by atoms with Gasteiger partial charge in [-0.1, -0.05) is 0 Å². The minimum absolute atomic E-state index is 0.541. The monoisotopic (exact) mass is 267 g/mol. The Morgan fingerprint density at radius 2 is 2.06 bits per heavy atom. The van der Waals surface area contributed by atoms with Gasteiger partial charge >= 0.3 is 0 Å². The second-order valence-electron chi connectivity index (χ2n) is 5.43. The number of aromatic nitrogens is 2. The molecule has 0 saturated carbocycles. The molecule has 0 spiro atoms. The molecule has 1 aliphatic heterocycles. The SMILES string of the molecule is Cc1nn(C)c(C)c1C[C@H](C)NC1CCSCC1. The first-order chi connectivity index (χ1) is 8.58. The molecule has 0 amide bonds. The van der Waals surface area contributed by atoms with E-state index in [-0.39, 0.29) is 0 Å². The van der Waals surface area contributed by atoms with E-state index in [1.54, 1.807) is 0 Å². The van der Waals surface area contributed by atoms with Gasteiger partial charge in [-0.15, -0.1) is 0 Å². The van der Waals surface area contributed by atoms with E-state index in [4.69, 9.17) is 0 Å². The summed E-state index contributed by atoms with van der Waals surface area (Å²) in [6.07, 6.45) is 3.73. The van der Waals surface area contributed by atoms with Crippen LogP contribution in [0.5, 0.6) is 0 Å². The maximum atomic E-state index is 4.50. The molecule has 3 nitrogen and oxygen atoms in total. The maximum absolute atomic E-state index is 4.50. The lowest BCUT2D eigenvalue weighted by Gasteiger charge is -2.26. The lowest BCUT2D eigenvalue weighted by atomic mass is 10.0. The lowest BCUT2D eigenvalue weighted by Crippen LogP contribution is -2.40. The van der Waals surface area contributed by atoms with Crippen LogP contribution in [-0.4, -0.2) is 33.4 Å². The van der Waals surface area contributed by atoms with Gasteiger partial charge in [-0.2, -0.15) is 16.9 Å². The number of aryl methyl sites for hydroxylation is 2. The average molecular weight is 267 g/mol. The molecular weight excluding hydrogens is 242 g/mol. The molecule has 1 N–H and O–H groups in total. The molecule has 1 atom stereocenters. The van der Waals surface area contributed by atoms with Crippen molar-refractivity contribution in [2.45, 2.75) is 52.1 Å². The molecule has 2 rings (SSSR count). The van der Waals surface area contributed by atoms with E-state index in [0.717, 1.165) is 12.5 Å². The second-order valence-corrected chi connectivity index (χ2v) is 6.66. The van der Waals surface area contributed by atoms with Gasteiger partial charge in [0, 0.05) is 24.8 Å². The van der Waals surface area contributed by atoms with E-state index in [2.05, 4.69) is 42.9 Å². The molecule has 1 aromatic heterocycles. The zero-order valence-corrected chi connectivity index (χ0v) is 12.8. The summed E-state index contributed by atoms with van der Waals surface area (Å²) in [6, 6.07) is 1.26. The zero-order chi connectivity index (χ0) is 13.1. The summed E-state index contributed by atoms with van der Waals surface area (Å²) in [5.74, 6) is 2.63. The first-order valence-electron chi connectivity index (χ1n) is 6.90. The number of nitrogens with zero attached hydrogens (tertiary/aromatic N) is 2. The third kappa shape index (κ3) is 3.29. The van der Waals surface area contributed by atoms with Crippen molar-refractivity contribution in [3.8, 4) is 0 Å². The minimum atomic E-state index is 0.541. The third-order valence-corrected chi connectivity index (χ3v) is 4.96. The van der Waals surface area contributed by atoms with Crippen molar-refractivity contribution in [1.29, 1.82) is 0 Å². The highest BCUT2D eigenvalue weighted by molar-refractivity contribution is 7.99. The van der Waals surface area contributed by atoms with E-state index in [0.29, 0.717) is 6.04 Å². The first-order valence-corrected chi connectivity index (χ1v) is 8.06. The molecule has 1 aromatic rings. The van der Waals surface area contributed by atoms with Crippen LogP contribution >= 0.6 is 11.8 Å². The molecule has 0 unspecified atom stereocenters. The zero-order valence-electron chi connectivity index (χ0n) is 12.0. The van der Waals surface area contributed by atoms with Crippen molar-refractivity contribution in [1.82, 2.24) is 15.1 Å². The number of nitrogens with one attached hydrogen (secondary N) is 1. The van der Waals surface area contributed by atoms with Crippen molar-refractivity contribution in [2.75, 3.05) is 11.5 Å². The van der Waals surface area contributed by atoms with Gasteiger partial charge < -0.3 is 5.32 Å². The Bertz CT molecular complexity index is 394. The van der Waals surface area contributed by atoms with E-state index in [1.165, 1.54) is 41.3 Å². The fourth-order valence-electron chi connectivity index (χ4n) is 2.74. The van der Waals surface area contributed by atoms with Crippen LogP contribution in [0.1, 0.15) is 36.7 Å². The quantitative estimate of drug-likeness (QED) is 0.909. The standard InChI is InChI=1S/C14H25N3S/c1-10(15-13-5-7-18-8-6-13)9-14-11(2)16-17(4)12(14)3/h10,13,15H,5-9H2,1-4H3/t10-/m0/s1. The molecule has 0 radical (unpaired) electrons. The molecule has 18 heavy (non-hydrogen) atoms. The summed E-state index contributed by atoms with van der Waals surface area (Å²) in [7, 11) is 2.03. The minimum Gasteiger partial charge on any atom is -0.311 e. The Balaban J connectivity index is 1.91. The Morgan fingerprint density at radius 1 is 1.39 bits per heavy atom. The van der Waals surface area contributed by atoms with Gasteiger partial charge in [0.2, 0.25) is 0 Å². The Labute approximate surface area is 115 Å². The van der Waals surface area contributed by atoms with Crippen LogP contribution in [0.15, 0.2) is 0 Å². The van der Waals surface area contributed by atoms with Crippen molar-refractivity contribution >= 4 is 11.8 Å². The highest BCUT2D eigenvalue weighted by Gasteiger charge is 2.18. The Hall–Kier alpha value is -0.480. The van der Waals surface area contributed by atoms with Crippen molar-refractivity contribution < 1.29 is 0 Å². The fourth-order valence-corrected chi connectivity index (χ4v) is 3.85. The highest BCUT2D eigenvalue weighted by Crippen LogP contribution is 2.19. The van der Waals surface area contributed by atoms with E-state index in [1.807, 2.05) is 11.7 Å². The molecule has 0 aromatic carbocycles. The highest BCUT2D eigenvalue weighted by atomic mass is 32.2. The Morgan fingerprint density at radius 3 is 2.61 bits per heavy atom. The smallest absolute Gasteiger partial charge is 0.0628 e. The summed E-state index contributed by atoms with van der Waals surface area (Å²) in [4.78, 5) is 0. The van der Waals surface area contributed by atoms with Crippen molar-refractivity contribution in [2.24, 2.45) is 7.05 Å². The largest absolute Gasteiger partial charge is 0.311 e. The van der Waals surface area contributed by atoms with E-state index in [9.17, 15) is 0 Å². The predicted molar refractivity (Wildman–Crippen MR) is 79.3 cm³/mol. The van der Waals surface area contributed by atoms with Gasteiger partial charge in [-0.05, 0) is 57.1 Å². The number of thioether (sulfide) groups is 1. The average Bonchev–Trinajstić information content (AvgIpc) is 2.57. The van der Waals surface area contributed by atoms with Gasteiger partial charge in [-0.25, -0.2) is 0 Å². The van der Waals surface area contributed by atoms with E-state index >= 15 is 0 Å². The van der Waals surface area contributed by atoms with Crippen molar-refractivity contribution in [3.05, 3.63) is 17.0 Å². The molecule has 1 saturated heterocycles. The second kappa shape index (κ2) is 6.11. The predicted octanol–water partition coefficient (Wildman–Crippen LogP) is 2.45. The maximum Gasteiger partial charge on any atom is 0.0628 e. The van der Waals surface area contributed by atoms with Gasteiger partial charge in [0.1, 0.15) is 0 Å². The van der Waals surface area contributed by atoms with Crippen LogP contribution < -0.4 is 5.32 Å². The summed E-state index contributed by atoms with van der Waals surface area (Å²) >= 11 is 2.08. The molecule has 2 heterocycles. The van der Waals surface area contributed by atoms with Crippen LogP contribution in [-0.2, 0) is 13.5 Å².